The van der Waals surface area contributed by atoms with Gasteiger partial charge in [-0.2, -0.15) is 0 Å². The Morgan fingerprint density at radius 3 is 1.88 bits per heavy atom. The smallest absolute Gasteiger partial charge is 0.124 e. The first-order chi connectivity index (χ1) is 8.00. The highest BCUT2D eigenvalue weighted by Gasteiger charge is 1.98. The first-order valence-corrected chi connectivity index (χ1v) is 7.25. The molecule has 0 radical (unpaired) electrons. The van der Waals surface area contributed by atoms with Crippen molar-refractivity contribution in [3.63, 3.8) is 0 Å². The summed E-state index contributed by atoms with van der Waals surface area (Å²) < 4.78 is 31.2. The van der Waals surface area contributed by atoms with E-state index in [0.29, 0.717) is 0 Å². The number of piperidine rings is 1. The van der Waals surface area contributed by atoms with Gasteiger partial charge in [-0.05, 0) is 38.3 Å². The van der Waals surface area contributed by atoms with Crippen LogP contribution in [0.15, 0.2) is 29.2 Å². The Morgan fingerprint density at radius 1 is 1.06 bits per heavy atom. The van der Waals surface area contributed by atoms with E-state index in [9.17, 15) is 13.0 Å². The molecule has 0 spiro atoms. The van der Waals surface area contributed by atoms with Crippen molar-refractivity contribution in [1.82, 2.24) is 0 Å². The summed E-state index contributed by atoms with van der Waals surface area (Å²) in [6.07, 6.45) is 4.36. The number of benzene rings is 1. The van der Waals surface area contributed by atoms with Crippen LogP contribution in [0, 0.1) is 6.92 Å². The minimum absolute atomic E-state index is 0.178. The molecule has 5 heteroatoms. The van der Waals surface area contributed by atoms with E-state index in [1.165, 1.54) is 44.5 Å². The van der Waals surface area contributed by atoms with Crippen LogP contribution in [0.4, 0.5) is 0 Å². The lowest BCUT2D eigenvalue weighted by atomic mass is 10.2. The molecular formula is C12H19NO3S. The highest BCUT2D eigenvalue weighted by atomic mass is 32.2. The summed E-state index contributed by atoms with van der Waals surface area (Å²) in [7, 11) is -4.27. The lowest BCUT2D eigenvalue weighted by Crippen LogP contribution is -2.85. The number of nitrogens with two attached hydrogens (primary N) is 1. The minimum atomic E-state index is -4.27. The second kappa shape index (κ2) is 6.74. The number of hydrogen-bond acceptors (Lipinski definition) is 3. The molecule has 1 fully saturated rings. The normalized spacial score (nSPS) is 15.9. The number of aryl methyl sites for hydroxylation is 1. The lowest BCUT2D eigenvalue weighted by molar-refractivity contribution is -0.662. The summed E-state index contributed by atoms with van der Waals surface area (Å²) in [5.74, 6) is 0. The van der Waals surface area contributed by atoms with Crippen LogP contribution in [0.25, 0.3) is 0 Å². The van der Waals surface area contributed by atoms with Gasteiger partial charge in [0.2, 0.25) is 0 Å². The van der Waals surface area contributed by atoms with Gasteiger partial charge >= 0.3 is 0 Å². The quantitative estimate of drug-likeness (QED) is 0.750. The first-order valence-electron chi connectivity index (χ1n) is 5.84. The Balaban J connectivity index is 0.000000202. The van der Waals surface area contributed by atoms with Crippen LogP contribution in [-0.4, -0.2) is 26.1 Å². The fourth-order valence-electron chi connectivity index (χ4n) is 1.60. The summed E-state index contributed by atoms with van der Waals surface area (Å²) in [5.41, 5.74) is 0.928. The van der Waals surface area contributed by atoms with Crippen molar-refractivity contribution in [2.24, 2.45) is 0 Å². The summed E-state index contributed by atoms with van der Waals surface area (Å²) in [5, 5.41) is 2.39. The molecule has 1 aromatic rings. The fraction of sp³-hybridized carbons (Fsp3) is 0.500. The van der Waals surface area contributed by atoms with Gasteiger partial charge in [0.25, 0.3) is 0 Å². The van der Waals surface area contributed by atoms with Crippen molar-refractivity contribution < 1.29 is 18.3 Å². The predicted octanol–water partition coefficient (Wildman–Crippen LogP) is 0.633. The Hall–Kier alpha value is -0.910. The first kappa shape index (κ1) is 14.2. The van der Waals surface area contributed by atoms with Gasteiger partial charge in [0.1, 0.15) is 10.1 Å². The fourth-order valence-corrected chi connectivity index (χ4v) is 2.07. The van der Waals surface area contributed by atoms with Crippen LogP contribution < -0.4 is 5.32 Å². The SMILES string of the molecule is C1CC[NH2+]CC1.Cc1ccc(S(=O)(=O)[O-])cc1. The third-order valence-corrected chi connectivity index (χ3v) is 3.48. The van der Waals surface area contributed by atoms with E-state index in [4.69, 9.17) is 0 Å². The molecule has 1 aromatic carbocycles. The highest BCUT2D eigenvalue weighted by Crippen LogP contribution is 2.08. The van der Waals surface area contributed by atoms with Gasteiger partial charge in [-0.1, -0.05) is 17.7 Å². The third kappa shape index (κ3) is 5.81. The van der Waals surface area contributed by atoms with Crippen LogP contribution in [0.3, 0.4) is 0 Å². The molecule has 17 heavy (non-hydrogen) atoms. The Morgan fingerprint density at radius 2 is 1.59 bits per heavy atom. The Bertz CT molecular complexity index is 410. The Labute approximate surface area is 103 Å². The molecular weight excluding hydrogens is 238 g/mol. The van der Waals surface area contributed by atoms with Crippen molar-refractivity contribution in [1.29, 1.82) is 0 Å². The zero-order valence-corrected chi connectivity index (χ0v) is 10.9. The van der Waals surface area contributed by atoms with Gasteiger partial charge in [0, 0.05) is 0 Å². The lowest BCUT2D eigenvalue weighted by Gasteiger charge is -2.05. The van der Waals surface area contributed by atoms with Gasteiger partial charge in [-0.15, -0.1) is 0 Å². The monoisotopic (exact) mass is 257 g/mol. The van der Waals surface area contributed by atoms with E-state index in [0.717, 1.165) is 5.56 Å². The largest absolute Gasteiger partial charge is 0.744 e. The zero-order chi connectivity index (χ0) is 12.7. The zero-order valence-electron chi connectivity index (χ0n) is 10.1. The maximum Gasteiger partial charge on any atom is 0.124 e. The maximum absolute atomic E-state index is 10.4. The maximum atomic E-state index is 10.4. The predicted molar refractivity (Wildman–Crippen MR) is 64.7 cm³/mol. The topological polar surface area (TPSA) is 73.8 Å². The van der Waals surface area contributed by atoms with Crippen molar-refractivity contribution >= 4 is 10.1 Å². The van der Waals surface area contributed by atoms with Gasteiger partial charge in [-0.25, -0.2) is 8.42 Å². The van der Waals surface area contributed by atoms with Crippen molar-refractivity contribution in [3.05, 3.63) is 29.8 Å². The molecule has 0 bridgehead atoms. The molecule has 0 amide bonds. The molecule has 2 rings (SSSR count). The van der Waals surface area contributed by atoms with Gasteiger partial charge in [0.15, 0.2) is 0 Å². The molecule has 0 aromatic heterocycles. The van der Waals surface area contributed by atoms with E-state index in [-0.39, 0.29) is 4.90 Å². The van der Waals surface area contributed by atoms with E-state index < -0.39 is 10.1 Å². The second-order valence-corrected chi connectivity index (χ2v) is 5.57. The molecule has 2 N–H and O–H groups in total. The molecule has 1 heterocycles. The molecule has 0 atom stereocenters. The van der Waals surface area contributed by atoms with Gasteiger partial charge < -0.3 is 9.87 Å². The molecule has 1 aliphatic rings. The van der Waals surface area contributed by atoms with E-state index in [1.54, 1.807) is 12.1 Å². The number of hydrogen-bond donors (Lipinski definition) is 1. The van der Waals surface area contributed by atoms with Crippen LogP contribution in [-0.2, 0) is 10.1 Å². The minimum Gasteiger partial charge on any atom is -0.744 e. The Kier molecular flexibility index (Phi) is 5.61. The average Bonchev–Trinajstić information content (AvgIpc) is 2.31. The van der Waals surface area contributed by atoms with Crippen LogP contribution in [0.1, 0.15) is 24.8 Å². The molecule has 0 unspecified atom stereocenters. The highest BCUT2D eigenvalue weighted by molar-refractivity contribution is 7.85. The number of rotatable bonds is 1. The average molecular weight is 257 g/mol. The molecule has 0 saturated carbocycles. The third-order valence-electron chi connectivity index (χ3n) is 2.63. The molecule has 0 aliphatic carbocycles. The van der Waals surface area contributed by atoms with Crippen molar-refractivity contribution in [3.8, 4) is 0 Å². The van der Waals surface area contributed by atoms with Crippen LogP contribution in [0.2, 0.25) is 0 Å². The van der Waals surface area contributed by atoms with Crippen LogP contribution in [0.5, 0.6) is 0 Å². The van der Waals surface area contributed by atoms with Crippen molar-refractivity contribution in [2.45, 2.75) is 31.1 Å². The molecule has 1 aliphatic heterocycles. The van der Waals surface area contributed by atoms with E-state index in [1.807, 2.05) is 6.92 Å². The van der Waals surface area contributed by atoms with E-state index in [2.05, 4.69) is 5.32 Å². The van der Waals surface area contributed by atoms with Gasteiger partial charge in [0.05, 0.1) is 18.0 Å². The molecule has 96 valence electrons. The summed E-state index contributed by atoms with van der Waals surface area (Å²) in [4.78, 5) is -0.178. The van der Waals surface area contributed by atoms with Crippen LogP contribution >= 0.6 is 0 Å². The van der Waals surface area contributed by atoms with Crippen molar-refractivity contribution in [2.75, 3.05) is 13.1 Å². The van der Waals surface area contributed by atoms with E-state index >= 15 is 0 Å². The summed E-state index contributed by atoms with van der Waals surface area (Å²) >= 11 is 0. The molecule has 4 nitrogen and oxygen atoms in total. The van der Waals surface area contributed by atoms with Gasteiger partial charge in [-0.3, -0.25) is 0 Å². The summed E-state index contributed by atoms with van der Waals surface area (Å²) in [6.45, 7) is 4.57. The molecule has 1 saturated heterocycles. The standard InChI is InChI=1S/C7H8O3S.C5H11N/c1-6-2-4-7(5-3-6)11(8,9)10;1-2-4-6-5-3-1/h2-5H,1H3,(H,8,9,10);6H,1-5H2. The summed E-state index contributed by atoms with van der Waals surface area (Å²) in [6, 6.07) is 5.78. The second-order valence-electron chi connectivity index (χ2n) is 4.19. The number of quaternary nitrogens is 1.